The lowest BCUT2D eigenvalue weighted by Gasteiger charge is -2.20. The highest BCUT2D eigenvalue weighted by molar-refractivity contribution is 5.91. The third kappa shape index (κ3) is 2.78. The van der Waals surface area contributed by atoms with E-state index in [1.807, 2.05) is 10.9 Å². The number of rotatable bonds is 3. The number of carbonyl (C=O) groups is 1. The van der Waals surface area contributed by atoms with Crippen molar-refractivity contribution in [3.63, 3.8) is 0 Å². The summed E-state index contributed by atoms with van der Waals surface area (Å²) in [6.07, 6.45) is 11.5. The van der Waals surface area contributed by atoms with Crippen LogP contribution >= 0.6 is 0 Å². The van der Waals surface area contributed by atoms with Gasteiger partial charge >= 0.3 is 0 Å². The maximum atomic E-state index is 10.8. The molecule has 4 heteroatoms. The monoisotopic (exact) mass is 219 g/mol. The molecule has 0 saturated heterocycles. The molecule has 1 fully saturated rings. The van der Waals surface area contributed by atoms with E-state index in [9.17, 15) is 4.79 Å². The minimum Gasteiger partial charge on any atom is -0.295 e. The van der Waals surface area contributed by atoms with E-state index in [0.717, 1.165) is 5.69 Å². The second-order valence-electron chi connectivity index (χ2n) is 4.36. The third-order valence-corrected chi connectivity index (χ3v) is 2.97. The van der Waals surface area contributed by atoms with E-state index in [-0.39, 0.29) is 5.78 Å². The van der Waals surface area contributed by atoms with Gasteiger partial charge in [-0.15, -0.1) is 5.10 Å². The molecule has 2 rings (SSSR count). The van der Waals surface area contributed by atoms with Crippen molar-refractivity contribution in [3.05, 3.63) is 18.0 Å². The highest BCUT2D eigenvalue weighted by atomic mass is 16.1. The fourth-order valence-electron chi connectivity index (χ4n) is 2.09. The summed E-state index contributed by atoms with van der Waals surface area (Å²) in [6.45, 7) is 1.53. The van der Waals surface area contributed by atoms with Crippen molar-refractivity contribution >= 4 is 11.9 Å². The van der Waals surface area contributed by atoms with Crippen molar-refractivity contribution in [1.82, 2.24) is 15.0 Å². The third-order valence-electron chi connectivity index (χ3n) is 2.97. The van der Waals surface area contributed by atoms with Gasteiger partial charge in [0.1, 0.15) is 5.69 Å². The first-order valence-electron chi connectivity index (χ1n) is 5.86. The van der Waals surface area contributed by atoms with Gasteiger partial charge in [0.15, 0.2) is 5.78 Å². The molecule has 0 N–H and O–H groups in total. The molecule has 1 aromatic rings. The van der Waals surface area contributed by atoms with Crippen molar-refractivity contribution in [2.24, 2.45) is 0 Å². The summed E-state index contributed by atoms with van der Waals surface area (Å²) in [7, 11) is 0. The fraction of sp³-hybridized carbons (Fsp3) is 0.583. The van der Waals surface area contributed by atoms with E-state index < -0.39 is 0 Å². The van der Waals surface area contributed by atoms with Gasteiger partial charge < -0.3 is 0 Å². The largest absolute Gasteiger partial charge is 0.295 e. The molecule has 0 radical (unpaired) electrons. The molecule has 0 bridgehead atoms. The lowest BCUT2D eigenvalue weighted by Crippen LogP contribution is -2.13. The first-order chi connectivity index (χ1) is 7.75. The van der Waals surface area contributed by atoms with E-state index in [1.165, 1.54) is 45.1 Å². The number of aromatic nitrogens is 3. The Morgan fingerprint density at radius 3 is 2.88 bits per heavy atom. The summed E-state index contributed by atoms with van der Waals surface area (Å²) in [6, 6.07) is 0.501. The zero-order valence-corrected chi connectivity index (χ0v) is 9.59. The molecule has 0 aliphatic heterocycles. The Morgan fingerprint density at radius 2 is 2.19 bits per heavy atom. The maximum absolute atomic E-state index is 10.8. The van der Waals surface area contributed by atoms with Crippen LogP contribution < -0.4 is 0 Å². The molecule has 0 aromatic carbocycles. The standard InChI is InChI=1S/C12H17N3O/c1-10(16)7-8-11-9-15(14-13-11)12-5-3-2-4-6-12/h7-9,12H,2-6H2,1H3/b8-7+. The van der Waals surface area contributed by atoms with Gasteiger partial charge in [-0.2, -0.15) is 0 Å². The van der Waals surface area contributed by atoms with Crippen LogP contribution in [0.5, 0.6) is 0 Å². The summed E-state index contributed by atoms with van der Waals surface area (Å²) in [4.78, 5) is 10.8. The molecule has 4 nitrogen and oxygen atoms in total. The smallest absolute Gasteiger partial charge is 0.152 e. The summed E-state index contributed by atoms with van der Waals surface area (Å²) in [5, 5.41) is 8.16. The Labute approximate surface area is 95.3 Å². The van der Waals surface area contributed by atoms with Crippen molar-refractivity contribution in [3.8, 4) is 0 Å². The van der Waals surface area contributed by atoms with Crippen molar-refractivity contribution < 1.29 is 4.79 Å². The van der Waals surface area contributed by atoms with Crippen LogP contribution in [0.15, 0.2) is 12.3 Å². The average Bonchev–Trinajstić information content (AvgIpc) is 2.76. The Morgan fingerprint density at radius 1 is 1.44 bits per heavy atom. The Balaban J connectivity index is 2.03. The molecule has 1 aliphatic rings. The molecule has 16 heavy (non-hydrogen) atoms. The minimum absolute atomic E-state index is 0.0345. The molecule has 1 aliphatic carbocycles. The molecule has 1 aromatic heterocycles. The second kappa shape index (κ2) is 5.05. The van der Waals surface area contributed by atoms with Crippen LogP contribution in [0.2, 0.25) is 0 Å². The molecule has 86 valence electrons. The van der Waals surface area contributed by atoms with Gasteiger partial charge in [-0.25, -0.2) is 4.68 Å². The zero-order chi connectivity index (χ0) is 11.4. The SMILES string of the molecule is CC(=O)/C=C/c1cn(C2CCCCC2)nn1. The van der Waals surface area contributed by atoms with Gasteiger partial charge in [-0.05, 0) is 31.9 Å². The lowest BCUT2D eigenvalue weighted by molar-refractivity contribution is -0.112. The summed E-state index contributed by atoms with van der Waals surface area (Å²) in [5.74, 6) is 0.0345. The van der Waals surface area contributed by atoms with Crippen LogP contribution in [0.4, 0.5) is 0 Å². The number of hydrogen-bond acceptors (Lipinski definition) is 3. The lowest BCUT2D eigenvalue weighted by atomic mass is 9.96. The molecular formula is C12H17N3O. The maximum Gasteiger partial charge on any atom is 0.152 e. The van der Waals surface area contributed by atoms with Gasteiger partial charge in [0.2, 0.25) is 0 Å². The van der Waals surface area contributed by atoms with Gasteiger partial charge in [0, 0.05) is 0 Å². The summed E-state index contributed by atoms with van der Waals surface area (Å²) in [5.41, 5.74) is 0.765. The van der Waals surface area contributed by atoms with Crippen LogP contribution in [-0.2, 0) is 4.79 Å². The summed E-state index contributed by atoms with van der Waals surface area (Å²) < 4.78 is 1.94. The first-order valence-corrected chi connectivity index (χ1v) is 5.86. The number of allylic oxidation sites excluding steroid dienone is 1. The molecule has 0 amide bonds. The average molecular weight is 219 g/mol. The zero-order valence-electron chi connectivity index (χ0n) is 9.59. The molecule has 1 heterocycles. The molecule has 0 unspecified atom stereocenters. The van der Waals surface area contributed by atoms with E-state index in [0.29, 0.717) is 6.04 Å². The Bertz CT molecular complexity index is 389. The van der Waals surface area contributed by atoms with Crippen LogP contribution in [0.3, 0.4) is 0 Å². The van der Waals surface area contributed by atoms with Gasteiger partial charge in [-0.3, -0.25) is 4.79 Å². The van der Waals surface area contributed by atoms with Crippen LogP contribution in [0.25, 0.3) is 6.08 Å². The Hall–Kier alpha value is -1.45. The minimum atomic E-state index is 0.0345. The van der Waals surface area contributed by atoms with Crippen molar-refractivity contribution in [2.75, 3.05) is 0 Å². The normalized spacial score (nSPS) is 18.1. The van der Waals surface area contributed by atoms with E-state index in [1.54, 1.807) is 6.08 Å². The van der Waals surface area contributed by atoms with Gasteiger partial charge in [-0.1, -0.05) is 24.5 Å². The quantitative estimate of drug-likeness (QED) is 0.733. The van der Waals surface area contributed by atoms with E-state index >= 15 is 0 Å². The Kier molecular flexibility index (Phi) is 3.49. The number of hydrogen-bond donors (Lipinski definition) is 0. The fourth-order valence-corrected chi connectivity index (χ4v) is 2.09. The van der Waals surface area contributed by atoms with Crippen molar-refractivity contribution in [1.29, 1.82) is 0 Å². The predicted molar refractivity (Wildman–Crippen MR) is 61.9 cm³/mol. The van der Waals surface area contributed by atoms with Gasteiger partial charge in [0.05, 0.1) is 12.2 Å². The van der Waals surface area contributed by atoms with Crippen LogP contribution in [-0.4, -0.2) is 20.8 Å². The van der Waals surface area contributed by atoms with Crippen molar-refractivity contribution in [2.45, 2.75) is 45.1 Å². The van der Waals surface area contributed by atoms with E-state index in [4.69, 9.17) is 0 Å². The van der Waals surface area contributed by atoms with Gasteiger partial charge in [0.25, 0.3) is 0 Å². The summed E-state index contributed by atoms with van der Waals surface area (Å²) >= 11 is 0. The second-order valence-corrected chi connectivity index (χ2v) is 4.36. The molecule has 0 atom stereocenters. The first kappa shape index (κ1) is 11.0. The number of ketones is 1. The number of nitrogens with zero attached hydrogens (tertiary/aromatic N) is 3. The molecule has 0 spiro atoms. The number of carbonyl (C=O) groups excluding carboxylic acids is 1. The van der Waals surface area contributed by atoms with Crippen LogP contribution in [0, 0.1) is 0 Å². The topological polar surface area (TPSA) is 47.8 Å². The molecular weight excluding hydrogens is 202 g/mol. The molecule has 1 saturated carbocycles. The predicted octanol–water partition coefficient (Wildman–Crippen LogP) is 2.39. The van der Waals surface area contributed by atoms with E-state index in [2.05, 4.69) is 10.3 Å². The highest BCUT2D eigenvalue weighted by Crippen LogP contribution is 2.27. The highest BCUT2D eigenvalue weighted by Gasteiger charge is 2.16. The van der Waals surface area contributed by atoms with Crippen LogP contribution in [0.1, 0.15) is 50.8 Å².